The molecule has 2 heterocycles. The summed E-state index contributed by atoms with van der Waals surface area (Å²) in [6.45, 7) is 4.25. The van der Waals surface area contributed by atoms with E-state index in [1.807, 2.05) is 73.7 Å². The van der Waals surface area contributed by atoms with E-state index in [2.05, 4.69) is 37.2 Å². The minimum Gasteiger partial charge on any atom is -0.495 e. The van der Waals surface area contributed by atoms with Crippen molar-refractivity contribution in [3.63, 3.8) is 0 Å². The fourth-order valence-corrected chi connectivity index (χ4v) is 7.06. The summed E-state index contributed by atoms with van der Waals surface area (Å²) < 4.78 is 14.9. The molecule has 10 heteroatoms. The molecule has 1 amide bonds. The van der Waals surface area contributed by atoms with Crippen LogP contribution < -0.4 is 29.7 Å². The second-order valence-corrected chi connectivity index (χ2v) is 11.7. The molecule has 5 rings (SSSR count). The first-order valence-electron chi connectivity index (χ1n) is 12.5. The zero-order valence-electron chi connectivity index (χ0n) is 21.9. The Hall–Kier alpha value is -3.47. The van der Waals surface area contributed by atoms with Gasteiger partial charge in [-0.15, -0.1) is 0 Å². The number of anilines is 1. The number of halogens is 2. The number of benzene rings is 3. The molecule has 3 aromatic carbocycles. The first-order valence-corrected chi connectivity index (χ1v) is 14.9. The molecule has 204 valence electrons. The topological polar surface area (TPSA) is 81.9 Å². The van der Waals surface area contributed by atoms with E-state index in [9.17, 15) is 9.59 Å². The highest BCUT2D eigenvalue weighted by Gasteiger charge is 2.32. The zero-order chi connectivity index (χ0) is 28.4. The Kier molecular flexibility index (Phi) is 8.39. The van der Waals surface area contributed by atoms with Gasteiger partial charge in [0.2, 0.25) is 0 Å². The second kappa shape index (κ2) is 12.0. The maximum atomic E-state index is 14.0. The molecule has 1 aliphatic heterocycles. The lowest BCUT2D eigenvalue weighted by Gasteiger charge is -2.25. The molecule has 0 unspecified atom stereocenters. The van der Waals surface area contributed by atoms with E-state index in [0.29, 0.717) is 44.4 Å². The van der Waals surface area contributed by atoms with Gasteiger partial charge in [-0.2, -0.15) is 0 Å². The Morgan fingerprint density at radius 3 is 2.52 bits per heavy atom. The summed E-state index contributed by atoms with van der Waals surface area (Å²) in [4.78, 5) is 33.0. The van der Waals surface area contributed by atoms with Crippen LogP contribution in [0.1, 0.15) is 31.0 Å². The van der Waals surface area contributed by atoms with Crippen molar-refractivity contribution >= 4 is 60.9 Å². The number of nitrogens with zero attached hydrogens (tertiary/aromatic N) is 2. The van der Waals surface area contributed by atoms with E-state index >= 15 is 0 Å². The highest BCUT2D eigenvalue weighted by molar-refractivity contribution is 9.11. The standard InChI is InChI=1S/C30H25Br2N3O4S/c1-4-39-22-12-10-18(11-13-22)26-25(28(36)34-21-8-6-5-7-9-21)17(2)33-30-35(26)29(37)24(40-30)15-19-14-20(31)16-23(32)27(19)38-3/h5-16,26H,4H2,1-3H3,(H,34,36)/b24-15-/t26-/m1/s1. The highest BCUT2D eigenvalue weighted by Crippen LogP contribution is 2.34. The van der Waals surface area contributed by atoms with Crippen molar-refractivity contribution < 1.29 is 14.3 Å². The number of hydrogen-bond acceptors (Lipinski definition) is 6. The van der Waals surface area contributed by atoms with Crippen LogP contribution in [0.25, 0.3) is 6.08 Å². The number of fused-ring (bicyclic) bond motifs is 1. The van der Waals surface area contributed by atoms with Crippen LogP contribution in [0.3, 0.4) is 0 Å². The van der Waals surface area contributed by atoms with Crippen molar-refractivity contribution in [1.29, 1.82) is 0 Å². The van der Waals surface area contributed by atoms with E-state index < -0.39 is 6.04 Å². The van der Waals surface area contributed by atoms with Crippen LogP contribution in [-0.4, -0.2) is 24.2 Å². The van der Waals surface area contributed by atoms with E-state index in [0.717, 1.165) is 20.1 Å². The van der Waals surface area contributed by atoms with Crippen molar-refractivity contribution in [3.8, 4) is 11.5 Å². The third kappa shape index (κ3) is 5.56. The van der Waals surface area contributed by atoms with Crippen LogP contribution in [-0.2, 0) is 4.79 Å². The Morgan fingerprint density at radius 2 is 1.85 bits per heavy atom. The number of carbonyl (C=O) groups excluding carboxylic acids is 1. The zero-order valence-corrected chi connectivity index (χ0v) is 25.9. The van der Waals surface area contributed by atoms with Gasteiger partial charge in [-0.25, -0.2) is 4.99 Å². The fraction of sp³-hybridized carbons (Fsp3) is 0.167. The summed E-state index contributed by atoms with van der Waals surface area (Å²) in [7, 11) is 1.58. The molecule has 4 aromatic rings. The lowest BCUT2D eigenvalue weighted by atomic mass is 9.95. The number of amides is 1. The number of hydrogen-bond donors (Lipinski definition) is 1. The average molecular weight is 683 g/mol. The minimum absolute atomic E-state index is 0.252. The number of carbonyl (C=O) groups is 1. The van der Waals surface area contributed by atoms with Gasteiger partial charge in [0.15, 0.2) is 4.80 Å². The summed E-state index contributed by atoms with van der Waals surface area (Å²) in [5.74, 6) is 0.997. The quantitative estimate of drug-likeness (QED) is 0.267. The summed E-state index contributed by atoms with van der Waals surface area (Å²) in [6.07, 6.45) is 1.79. The van der Waals surface area contributed by atoms with Crippen LogP contribution in [0.4, 0.5) is 5.69 Å². The van der Waals surface area contributed by atoms with Gasteiger partial charge < -0.3 is 14.8 Å². The predicted molar refractivity (Wildman–Crippen MR) is 165 cm³/mol. The number of para-hydroxylation sites is 1. The number of allylic oxidation sites excluding steroid dienone is 1. The smallest absolute Gasteiger partial charge is 0.271 e. The van der Waals surface area contributed by atoms with Crippen molar-refractivity contribution in [2.75, 3.05) is 19.0 Å². The Morgan fingerprint density at radius 1 is 1.12 bits per heavy atom. The molecule has 1 N–H and O–H groups in total. The molecule has 1 atom stereocenters. The molecule has 7 nitrogen and oxygen atoms in total. The number of aromatic nitrogens is 1. The minimum atomic E-state index is -0.686. The van der Waals surface area contributed by atoms with Crippen molar-refractivity contribution in [2.24, 2.45) is 4.99 Å². The van der Waals surface area contributed by atoms with E-state index in [4.69, 9.17) is 14.5 Å². The van der Waals surface area contributed by atoms with Crippen LogP contribution in [0, 0.1) is 0 Å². The molecule has 1 aromatic heterocycles. The highest BCUT2D eigenvalue weighted by atomic mass is 79.9. The summed E-state index contributed by atoms with van der Waals surface area (Å²) in [5, 5.41) is 2.97. The van der Waals surface area contributed by atoms with Crippen LogP contribution in [0.2, 0.25) is 0 Å². The maximum absolute atomic E-state index is 14.0. The number of rotatable bonds is 7. The van der Waals surface area contributed by atoms with Crippen molar-refractivity contribution in [3.05, 3.63) is 118 Å². The SMILES string of the molecule is CCOc1ccc([C@@H]2C(C(=O)Nc3ccccc3)=C(C)N=c3s/c(=C\c4cc(Br)cc(Br)c4OC)c(=O)n32)cc1. The molecule has 0 radical (unpaired) electrons. The molecular weight excluding hydrogens is 658 g/mol. The number of ether oxygens (including phenoxy) is 2. The summed E-state index contributed by atoms with van der Waals surface area (Å²) in [5.41, 5.74) is 2.84. The van der Waals surface area contributed by atoms with Crippen LogP contribution in [0.5, 0.6) is 11.5 Å². The number of nitrogens with one attached hydrogen (secondary N) is 1. The van der Waals surface area contributed by atoms with Gasteiger partial charge in [0.1, 0.15) is 11.5 Å². The van der Waals surface area contributed by atoms with Gasteiger partial charge in [-0.3, -0.25) is 14.2 Å². The largest absolute Gasteiger partial charge is 0.495 e. The molecule has 40 heavy (non-hydrogen) atoms. The van der Waals surface area contributed by atoms with Crippen molar-refractivity contribution in [1.82, 2.24) is 4.57 Å². The van der Waals surface area contributed by atoms with Gasteiger partial charge in [0, 0.05) is 15.7 Å². The average Bonchev–Trinajstić information content (AvgIpc) is 3.23. The number of methoxy groups -OCH3 is 1. The third-order valence-corrected chi connectivity index (χ3v) is 8.36. The van der Waals surface area contributed by atoms with Crippen LogP contribution in [0.15, 0.2) is 96.7 Å². The van der Waals surface area contributed by atoms with Gasteiger partial charge in [-0.05, 0) is 77.8 Å². The Labute approximate surface area is 251 Å². The summed E-state index contributed by atoms with van der Waals surface area (Å²) in [6, 6.07) is 19.8. The molecule has 0 bridgehead atoms. The van der Waals surface area contributed by atoms with Gasteiger partial charge in [0.05, 0.1) is 40.0 Å². The Bertz CT molecular complexity index is 1800. The molecular formula is C30H25Br2N3O4S. The lowest BCUT2D eigenvalue weighted by Crippen LogP contribution is -2.40. The molecule has 0 aliphatic carbocycles. The summed E-state index contributed by atoms with van der Waals surface area (Å²) >= 11 is 8.31. The van der Waals surface area contributed by atoms with Crippen molar-refractivity contribution in [2.45, 2.75) is 19.9 Å². The van der Waals surface area contributed by atoms with E-state index in [-0.39, 0.29) is 11.5 Å². The molecule has 1 aliphatic rings. The van der Waals surface area contributed by atoms with Crippen LogP contribution >= 0.6 is 43.2 Å². The molecule has 0 saturated carbocycles. The van der Waals surface area contributed by atoms with E-state index in [1.54, 1.807) is 24.7 Å². The van der Waals surface area contributed by atoms with Gasteiger partial charge in [0.25, 0.3) is 11.5 Å². The lowest BCUT2D eigenvalue weighted by molar-refractivity contribution is -0.113. The molecule has 0 saturated heterocycles. The monoisotopic (exact) mass is 681 g/mol. The van der Waals surface area contributed by atoms with E-state index in [1.165, 1.54) is 11.3 Å². The van der Waals surface area contributed by atoms with Gasteiger partial charge >= 0.3 is 0 Å². The molecule has 0 spiro atoms. The second-order valence-electron chi connectivity index (χ2n) is 8.91. The molecule has 0 fully saturated rings. The van der Waals surface area contributed by atoms with Gasteiger partial charge in [-0.1, -0.05) is 57.6 Å². The predicted octanol–water partition coefficient (Wildman–Crippen LogP) is 5.81. The Balaban J connectivity index is 1.69. The first kappa shape index (κ1) is 28.1. The third-order valence-electron chi connectivity index (χ3n) is 6.33. The fourth-order valence-electron chi connectivity index (χ4n) is 4.60. The number of thiazole rings is 1. The first-order chi connectivity index (χ1) is 19.3. The normalized spacial score (nSPS) is 14.9. The maximum Gasteiger partial charge on any atom is 0.271 e.